The van der Waals surface area contributed by atoms with Gasteiger partial charge in [-0.05, 0) is 26.4 Å². The Bertz CT molecular complexity index is 144. The van der Waals surface area contributed by atoms with E-state index in [-0.39, 0.29) is 0 Å². The van der Waals surface area contributed by atoms with Crippen molar-refractivity contribution in [3.05, 3.63) is 0 Å². The van der Waals surface area contributed by atoms with Crippen LogP contribution in [0.5, 0.6) is 0 Å². The second-order valence-electron chi connectivity index (χ2n) is 3.98. The van der Waals surface area contributed by atoms with Gasteiger partial charge in [0.15, 0.2) is 0 Å². The highest BCUT2D eigenvalue weighted by molar-refractivity contribution is 4.97. The van der Waals surface area contributed by atoms with Crippen LogP contribution in [0, 0.1) is 0 Å². The molecule has 0 aromatic heterocycles. The lowest BCUT2D eigenvalue weighted by atomic mass is 10.2. The van der Waals surface area contributed by atoms with E-state index < -0.39 is 0 Å². The van der Waals surface area contributed by atoms with Crippen molar-refractivity contribution in [2.75, 3.05) is 26.7 Å². The molecule has 0 radical (unpaired) electrons. The van der Waals surface area contributed by atoms with Crippen LogP contribution in [0.4, 0.5) is 0 Å². The van der Waals surface area contributed by atoms with Crippen LogP contribution >= 0.6 is 0 Å². The number of piperazine rings is 1. The third kappa shape index (κ3) is 1.18. The molecule has 11 heavy (non-hydrogen) atoms. The summed E-state index contributed by atoms with van der Waals surface area (Å²) >= 11 is 0. The zero-order valence-corrected chi connectivity index (χ0v) is 7.58. The average Bonchev–Trinajstić information content (AvgIpc) is 2.47. The predicted molar refractivity (Wildman–Crippen MR) is 46.7 cm³/mol. The van der Waals surface area contributed by atoms with E-state index in [1.54, 1.807) is 0 Å². The molecule has 0 N–H and O–H groups in total. The van der Waals surface area contributed by atoms with Crippen molar-refractivity contribution < 1.29 is 0 Å². The molecule has 0 spiro atoms. The lowest BCUT2D eigenvalue weighted by Crippen LogP contribution is -2.44. The summed E-state index contributed by atoms with van der Waals surface area (Å²) in [6, 6.07) is 1.77. The third-order valence-electron chi connectivity index (χ3n) is 3.14. The maximum absolute atomic E-state index is 2.66. The van der Waals surface area contributed by atoms with Gasteiger partial charge in [-0.15, -0.1) is 0 Å². The molecule has 1 unspecified atom stereocenters. The van der Waals surface area contributed by atoms with Crippen LogP contribution < -0.4 is 0 Å². The van der Waals surface area contributed by atoms with Crippen molar-refractivity contribution in [2.45, 2.75) is 31.8 Å². The van der Waals surface area contributed by atoms with E-state index in [0.717, 1.165) is 12.1 Å². The molecule has 2 aliphatic rings. The van der Waals surface area contributed by atoms with Crippen LogP contribution in [-0.2, 0) is 0 Å². The minimum absolute atomic E-state index is 0.881. The van der Waals surface area contributed by atoms with Gasteiger partial charge in [-0.25, -0.2) is 0 Å². The predicted octanol–water partition coefficient (Wildman–Crippen LogP) is 0.785. The first-order valence-electron chi connectivity index (χ1n) is 4.75. The Hall–Kier alpha value is -0.0800. The van der Waals surface area contributed by atoms with E-state index in [9.17, 15) is 0 Å². The number of likely N-dealkylation sites (N-methyl/N-ethyl adjacent to an activating group) is 1. The molecule has 2 saturated heterocycles. The largest absolute Gasteiger partial charge is 0.301 e. The zero-order valence-electron chi connectivity index (χ0n) is 7.58. The minimum Gasteiger partial charge on any atom is -0.301 e. The Labute approximate surface area is 69.2 Å². The molecular formula is C9H18N2. The zero-order chi connectivity index (χ0) is 7.84. The smallest absolute Gasteiger partial charge is 0.0239 e. The van der Waals surface area contributed by atoms with Crippen molar-refractivity contribution >= 4 is 0 Å². The van der Waals surface area contributed by atoms with E-state index >= 15 is 0 Å². The second kappa shape index (κ2) is 2.76. The Morgan fingerprint density at radius 3 is 2.55 bits per heavy atom. The molecule has 2 atom stereocenters. The van der Waals surface area contributed by atoms with E-state index in [2.05, 4.69) is 23.8 Å². The van der Waals surface area contributed by atoms with Crippen molar-refractivity contribution in [1.29, 1.82) is 0 Å². The van der Waals surface area contributed by atoms with Crippen molar-refractivity contribution in [1.82, 2.24) is 9.80 Å². The Morgan fingerprint density at radius 1 is 1.27 bits per heavy atom. The summed E-state index contributed by atoms with van der Waals surface area (Å²) in [6.07, 6.45) is 2.74. The van der Waals surface area contributed by atoms with Crippen LogP contribution in [-0.4, -0.2) is 48.6 Å². The molecule has 2 rings (SSSR count). The minimum atomic E-state index is 0.881. The summed E-state index contributed by atoms with van der Waals surface area (Å²) < 4.78 is 0. The normalized spacial score (nSPS) is 38.7. The molecule has 2 aliphatic heterocycles. The average molecular weight is 154 g/mol. The molecule has 2 nitrogen and oxygen atoms in total. The van der Waals surface area contributed by atoms with Crippen LogP contribution in [0.3, 0.4) is 0 Å². The van der Waals surface area contributed by atoms with Crippen LogP contribution in [0.25, 0.3) is 0 Å². The molecule has 0 aromatic rings. The number of likely N-dealkylation sites (tertiary alicyclic amines) is 2. The van der Waals surface area contributed by atoms with Gasteiger partial charge >= 0.3 is 0 Å². The number of rotatable bonds is 2. The monoisotopic (exact) mass is 154 g/mol. The Kier molecular flexibility index (Phi) is 1.90. The Morgan fingerprint density at radius 2 is 2.09 bits per heavy atom. The van der Waals surface area contributed by atoms with E-state index in [1.165, 1.54) is 32.5 Å². The molecule has 2 heteroatoms. The van der Waals surface area contributed by atoms with Gasteiger partial charge in [-0.2, -0.15) is 0 Å². The van der Waals surface area contributed by atoms with E-state index in [1.807, 2.05) is 0 Å². The number of hydrogen-bond acceptors (Lipinski definition) is 2. The summed E-state index contributed by atoms with van der Waals surface area (Å²) in [5.41, 5.74) is 0. The quantitative estimate of drug-likeness (QED) is 0.580. The fourth-order valence-electron chi connectivity index (χ4n) is 2.51. The molecule has 2 heterocycles. The Balaban J connectivity index is 1.92. The van der Waals surface area contributed by atoms with Gasteiger partial charge < -0.3 is 4.90 Å². The second-order valence-corrected chi connectivity index (χ2v) is 3.98. The standard InChI is InChI=1S/C9H18N2/c1-3-4-11-7-8-5-9(11)6-10(8)2/h8-9H,3-7H2,1-2H3/t8?,9-/m1/s1. The topological polar surface area (TPSA) is 6.48 Å². The maximum atomic E-state index is 2.66. The third-order valence-corrected chi connectivity index (χ3v) is 3.14. The van der Waals surface area contributed by atoms with E-state index in [4.69, 9.17) is 0 Å². The van der Waals surface area contributed by atoms with Crippen LogP contribution in [0.2, 0.25) is 0 Å². The fourth-order valence-corrected chi connectivity index (χ4v) is 2.51. The molecule has 2 fully saturated rings. The van der Waals surface area contributed by atoms with Crippen molar-refractivity contribution in [2.24, 2.45) is 0 Å². The van der Waals surface area contributed by atoms with Gasteiger partial charge in [0.1, 0.15) is 0 Å². The molecule has 0 aliphatic carbocycles. The lowest BCUT2D eigenvalue weighted by molar-refractivity contribution is 0.150. The van der Waals surface area contributed by atoms with Gasteiger partial charge in [0.05, 0.1) is 0 Å². The number of fused-ring (bicyclic) bond motifs is 2. The highest BCUT2D eigenvalue weighted by atomic mass is 15.3. The molecule has 0 aromatic carbocycles. The van der Waals surface area contributed by atoms with Gasteiger partial charge in [0, 0.05) is 25.2 Å². The first kappa shape index (κ1) is 7.56. The maximum Gasteiger partial charge on any atom is 0.0239 e. The van der Waals surface area contributed by atoms with Crippen molar-refractivity contribution in [3.63, 3.8) is 0 Å². The van der Waals surface area contributed by atoms with Crippen LogP contribution in [0.1, 0.15) is 19.8 Å². The summed E-state index contributed by atoms with van der Waals surface area (Å²) in [5.74, 6) is 0. The summed E-state index contributed by atoms with van der Waals surface area (Å²) in [6.45, 7) is 6.23. The van der Waals surface area contributed by atoms with Gasteiger partial charge in [-0.1, -0.05) is 6.92 Å². The number of hydrogen-bond donors (Lipinski definition) is 0. The molecule has 0 amide bonds. The molecule has 64 valence electrons. The molecular weight excluding hydrogens is 136 g/mol. The van der Waals surface area contributed by atoms with Gasteiger partial charge in [0.2, 0.25) is 0 Å². The fraction of sp³-hybridized carbons (Fsp3) is 1.00. The SMILES string of the molecule is CCCN1CC2C[C@@H]1CN2C. The first-order valence-corrected chi connectivity index (χ1v) is 4.75. The number of nitrogens with zero attached hydrogens (tertiary/aromatic N) is 2. The molecule has 0 saturated carbocycles. The molecule has 2 bridgehead atoms. The van der Waals surface area contributed by atoms with Crippen molar-refractivity contribution in [3.8, 4) is 0 Å². The lowest BCUT2D eigenvalue weighted by Gasteiger charge is -2.31. The van der Waals surface area contributed by atoms with Crippen LogP contribution in [0.15, 0.2) is 0 Å². The van der Waals surface area contributed by atoms with Gasteiger partial charge in [-0.3, -0.25) is 4.90 Å². The highest BCUT2D eigenvalue weighted by Crippen LogP contribution is 2.28. The summed E-state index contributed by atoms with van der Waals surface area (Å²) in [4.78, 5) is 5.17. The first-order chi connectivity index (χ1) is 5.31. The summed E-state index contributed by atoms with van der Waals surface area (Å²) in [5, 5.41) is 0. The van der Waals surface area contributed by atoms with Gasteiger partial charge in [0.25, 0.3) is 0 Å². The van der Waals surface area contributed by atoms with E-state index in [0.29, 0.717) is 0 Å². The summed E-state index contributed by atoms with van der Waals surface area (Å²) in [7, 11) is 2.26. The highest BCUT2D eigenvalue weighted by Gasteiger charge is 2.40.